The number of benzene rings is 1. The maximum atomic E-state index is 5.62. The topological polar surface area (TPSA) is 29.3 Å². The molecular weight excluding hydrogens is 228 g/mol. The van der Waals surface area contributed by atoms with Crippen molar-refractivity contribution in [3.05, 3.63) is 35.9 Å². The maximum absolute atomic E-state index is 5.62. The standard InChI is InChI=1S/C14H20N2S/c1-11(13-5-3-2-4-6-13)16-8-7-12(10-16)9-14(15)17/h2-6,11-12H,7-10H2,1H3,(H2,15,17)/t11-,12-/m1/s1. The van der Waals surface area contributed by atoms with Gasteiger partial charge in [-0.1, -0.05) is 42.5 Å². The van der Waals surface area contributed by atoms with E-state index in [4.69, 9.17) is 18.0 Å². The minimum absolute atomic E-state index is 0.493. The molecule has 2 atom stereocenters. The lowest BCUT2D eigenvalue weighted by Gasteiger charge is -2.24. The molecule has 92 valence electrons. The van der Waals surface area contributed by atoms with Gasteiger partial charge in [-0.2, -0.15) is 0 Å². The van der Waals surface area contributed by atoms with Crippen LogP contribution in [0.1, 0.15) is 31.4 Å². The van der Waals surface area contributed by atoms with Gasteiger partial charge in [-0.3, -0.25) is 4.90 Å². The molecule has 1 aliphatic rings. The van der Waals surface area contributed by atoms with Gasteiger partial charge in [0.2, 0.25) is 0 Å². The first kappa shape index (κ1) is 12.5. The van der Waals surface area contributed by atoms with Gasteiger partial charge in [0, 0.05) is 19.0 Å². The predicted octanol–water partition coefficient (Wildman–Crippen LogP) is 2.75. The van der Waals surface area contributed by atoms with E-state index in [0.717, 1.165) is 19.5 Å². The molecular formula is C14H20N2S. The molecule has 1 aromatic rings. The van der Waals surface area contributed by atoms with E-state index in [0.29, 0.717) is 16.9 Å². The van der Waals surface area contributed by atoms with Crippen LogP contribution in [0.15, 0.2) is 30.3 Å². The molecule has 17 heavy (non-hydrogen) atoms. The van der Waals surface area contributed by atoms with Crippen molar-refractivity contribution in [3.63, 3.8) is 0 Å². The average Bonchev–Trinajstić information content (AvgIpc) is 2.77. The lowest BCUT2D eigenvalue weighted by molar-refractivity contribution is 0.253. The van der Waals surface area contributed by atoms with Gasteiger partial charge >= 0.3 is 0 Å². The Hall–Kier alpha value is -0.930. The smallest absolute Gasteiger partial charge is 0.0730 e. The van der Waals surface area contributed by atoms with Crippen molar-refractivity contribution in [3.8, 4) is 0 Å². The molecule has 1 heterocycles. The number of nitrogens with zero attached hydrogens (tertiary/aromatic N) is 1. The summed E-state index contributed by atoms with van der Waals surface area (Å²) >= 11 is 4.99. The molecule has 0 amide bonds. The van der Waals surface area contributed by atoms with Gasteiger partial charge in [0.05, 0.1) is 4.99 Å². The molecule has 1 saturated heterocycles. The summed E-state index contributed by atoms with van der Waals surface area (Å²) in [5, 5.41) is 0. The fourth-order valence-electron chi connectivity index (χ4n) is 2.61. The highest BCUT2D eigenvalue weighted by Gasteiger charge is 2.26. The summed E-state index contributed by atoms with van der Waals surface area (Å²) in [6.45, 7) is 4.55. The van der Waals surface area contributed by atoms with Gasteiger partial charge in [-0.15, -0.1) is 0 Å². The third-order valence-electron chi connectivity index (χ3n) is 3.64. The van der Waals surface area contributed by atoms with Crippen molar-refractivity contribution in [1.82, 2.24) is 4.90 Å². The zero-order valence-electron chi connectivity index (χ0n) is 10.3. The first-order valence-corrected chi connectivity index (χ1v) is 6.65. The van der Waals surface area contributed by atoms with E-state index in [1.54, 1.807) is 0 Å². The van der Waals surface area contributed by atoms with Crippen LogP contribution in [-0.4, -0.2) is 23.0 Å². The van der Waals surface area contributed by atoms with E-state index in [1.165, 1.54) is 12.0 Å². The molecule has 0 aromatic heterocycles. The zero-order chi connectivity index (χ0) is 12.3. The van der Waals surface area contributed by atoms with E-state index < -0.39 is 0 Å². The number of rotatable bonds is 4. The molecule has 0 bridgehead atoms. The van der Waals surface area contributed by atoms with E-state index >= 15 is 0 Å². The fraction of sp³-hybridized carbons (Fsp3) is 0.500. The Morgan fingerprint density at radius 1 is 1.47 bits per heavy atom. The molecule has 0 saturated carbocycles. The second kappa shape index (κ2) is 5.61. The Morgan fingerprint density at radius 2 is 2.18 bits per heavy atom. The van der Waals surface area contributed by atoms with E-state index in [1.807, 2.05) is 0 Å². The molecule has 0 aliphatic carbocycles. The van der Waals surface area contributed by atoms with Crippen LogP contribution in [0.3, 0.4) is 0 Å². The van der Waals surface area contributed by atoms with E-state index in [9.17, 15) is 0 Å². The predicted molar refractivity (Wildman–Crippen MR) is 75.9 cm³/mol. The Labute approximate surface area is 109 Å². The summed E-state index contributed by atoms with van der Waals surface area (Å²) in [7, 11) is 0. The average molecular weight is 248 g/mol. The van der Waals surface area contributed by atoms with E-state index in [2.05, 4.69) is 42.2 Å². The largest absolute Gasteiger partial charge is 0.393 e. The summed E-state index contributed by atoms with van der Waals surface area (Å²) in [4.78, 5) is 3.18. The van der Waals surface area contributed by atoms with Crippen molar-refractivity contribution in [1.29, 1.82) is 0 Å². The summed E-state index contributed by atoms with van der Waals surface area (Å²) < 4.78 is 0. The Balaban J connectivity index is 1.94. The first-order valence-electron chi connectivity index (χ1n) is 6.24. The van der Waals surface area contributed by atoms with Gasteiger partial charge in [0.1, 0.15) is 0 Å². The summed E-state index contributed by atoms with van der Waals surface area (Å²) in [6.07, 6.45) is 2.11. The molecule has 3 heteroatoms. The Kier molecular flexibility index (Phi) is 4.13. The molecule has 2 N–H and O–H groups in total. The lowest BCUT2D eigenvalue weighted by Crippen LogP contribution is -2.25. The fourth-order valence-corrected chi connectivity index (χ4v) is 2.84. The molecule has 1 aliphatic heterocycles. The number of nitrogens with two attached hydrogens (primary N) is 1. The molecule has 2 rings (SSSR count). The van der Waals surface area contributed by atoms with Crippen molar-refractivity contribution in [2.24, 2.45) is 11.7 Å². The Bertz CT molecular complexity index is 377. The van der Waals surface area contributed by atoms with Crippen molar-refractivity contribution in [2.45, 2.75) is 25.8 Å². The normalized spacial score (nSPS) is 22.5. The van der Waals surface area contributed by atoms with Crippen LogP contribution in [-0.2, 0) is 0 Å². The highest BCUT2D eigenvalue weighted by atomic mass is 32.1. The summed E-state index contributed by atoms with van der Waals surface area (Å²) in [5.74, 6) is 0.652. The SMILES string of the molecule is C[C@H](c1ccccc1)N1CC[C@H](CC(N)=S)C1. The second-order valence-electron chi connectivity index (χ2n) is 4.91. The van der Waals surface area contributed by atoms with Gasteiger partial charge in [-0.05, 0) is 31.4 Å². The van der Waals surface area contributed by atoms with Gasteiger partial charge < -0.3 is 5.73 Å². The molecule has 1 aromatic carbocycles. The summed E-state index contributed by atoms with van der Waals surface area (Å²) in [5.41, 5.74) is 7.01. The quantitative estimate of drug-likeness (QED) is 0.831. The number of thiocarbonyl (C=S) groups is 1. The van der Waals surface area contributed by atoms with Crippen LogP contribution in [0.4, 0.5) is 0 Å². The molecule has 1 fully saturated rings. The molecule has 0 radical (unpaired) electrons. The third kappa shape index (κ3) is 3.27. The van der Waals surface area contributed by atoms with Crippen LogP contribution >= 0.6 is 12.2 Å². The second-order valence-corrected chi connectivity index (χ2v) is 5.43. The number of hydrogen-bond donors (Lipinski definition) is 1. The summed E-state index contributed by atoms with van der Waals surface area (Å²) in [6, 6.07) is 11.2. The molecule has 2 nitrogen and oxygen atoms in total. The minimum Gasteiger partial charge on any atom is -0.393 e. The first-order chi connectivity index (χ1) is 8.16. The minimum atomic E-state index is 0.493. The molecule has 0 unspecified atom stereocenters. The van der Waals surface area contributed by atoms with E-state index in [-0.39, 0.29) is 0 Å². The van der Waals surface area contributed by atoms with Crippen LogP contribution in [0, 0.1) is 5.92 Å². The highest BCUT2D eigenvalue weighted by molar-refractivity contribution is 7.80. The van der Waals surface area contributed by atoms with Crippen molar-refractivity contribution in [2.75, 3.05) is 13.1 Å². The Morgan fingerprint density at radius 3 is 2.82 bits per heavy atom. The van der Waals surface area contributed by atoms with Crippen LogP contribution < -0.4 is 5.73 Å². The van der Waals surface area contributed by atoms with Crippen LogP contribution in [0.2, 0.25) is 0 Å². The maximum Gasteiger partial charge on any atom is 0.0730 e. The van der Waals surface area contributed by atoms with Gasteiger partial charge in [-0.25, -0.2) is 0 Å². The lowest BCUT2D eigenvalue weighted by atomic mass is 10.0. The van der Waals surface area contributed by atoms with Crippen molar-refractivity contribution < 1.29 is 0 Å². The number of hydrogen-bond acceptors (Lipinski definition) is 2. The van der Waals surface area contributed by atoms with Crippen LogP contribution in [0.25, 0.3) is 0 Å². The van der Waals surface area contributed by atoms with Crippen LogP contribution in [0.5, 0.6) is 0 Å². The van der Waals surface area contributed by atoms with Crippen molar-refractivity contribution >= 4 is 17.2 Å². The number of likely N-dealkylation sites (tertiary alicyclic amines) is 1. The zero-order valence-corrected chi connectivity index (χ0v) is 11.1. The van der Waals surface area contributed by atoms with Gasteiger partial charge in [0.15, 0.2) is 0 Å². The molecule has 0 spiro atoms. The van der Waals surface area contributed by atoms with Gasteiger partial charge in [0.25, 0.3) is 0 Å². The highest BCUT2D eigenvalue weighted by Crippen LogP contribution is 2.28. The third-order valence-corrected chi connectivity index (χ3v) is 3.80. The monoisotopic (exact) mass is 248 g/mol.